The van der Waals surface area contributed by atoms with E-state index in [2.05, 4.69) is 12.1 Å². The van der Waals surface area contributed by atoms with E-state index in [1.165, 1.54) is 5.56 Å². The molecule has 0 saturated heterocycles. The largest absolute Gasteiger partial charge is 0.508 e. The van der Waals surface area contributed by atoms with Crippen molar-refractivity contribution in [1.29, 1.82) is 0 Å². The maximum Gasteiger partial charge on any atom is 0.119 e. The van der Waals surface area contributed by atoms with Crippen LogP contribution >= 0.6 is 0 Å². The predicted molar refractivity (Wildman–Crippen MR) is 81.4 cm³/mol. The summed E-state index contributed by atoms with van der Waals surface area (Å²) in [5.41, 5.74) is 2.13. The molecule has 0 aliphatic rings. The van der Waals surface area contributed by atoms with E-state index in [4.69, 9.17) is 4.74 Å². The number of phenols is 1. The number of fused-ring (bicyclic) bond motifs is 1. The van der Waals surface area contributed by atoms with Crippen molar-refractivity contribution in [2.24, 2.45) is 0 Å². The molecule has 0 spiro atoms. The van der Waals surface area contributed by atoms with E-state index in [0.29, 0.717) is 5.75 Å². The number of aromatic hydroxyl groups is 1. The van der Waals surface area contributed by atoms with Crippen LogP contribution in [0.2, 0.25) is 0 Å². The molecule has 0 radical (unpaired) electrons. The Hall–Kier alpha value is -2.48. The Morgan fingerprint density at radius 2 is 1.70 bits per heavy atom. The summed E-state index contributed by atoms with van der Waals surface area (Å²) in [5.74, 6) is 1.13. The van der Waals surface area contributed by atoms with Crippen molar-refractivity contribution < 1.29 is 9.84 Å². The maximum atomic E-state index is 10.2. The molecular weight excluding hydrogens is 248 g/mol. The number of rotatable bonds is 3. The molecule has 0 heterocycles. The van der Waals surface area contributed by atoms with E-state index in [1.807, 2.05) is 42.5 Å². The number of phenolic OH excluding ortho intramolecular Hbond substituents is 1. The summed E-state index contributed by atoms with van der Waals surface area (Å²) in [6, 6.07) is 19.9. The van der Waals surface area contributed by atoms with Crippen molar-refractivity contribution in [1.82, 2.24) is 0 Å². The van der Waals surface area contributed by atoms with Crippen LogP contribution in [0.15, 0.2) is 60.7 Å². The molecule has 0 unspecified atom stereocenters. The summed E-state index contributed by atoms with van der Waals surface area (Å²) in [6.45, 7) is 0. The smallest absolute Gasteiger partial charge is 0.119 e. The second kappa shape index (κ2) is 5.25. The van der Waals surface area contributed by atoms with Crippen molar-refractivity contribution in [3.05, 3.63) is 71.8 Å². The highest BCUT2D eigenvalue weighted by molar-refractivity contribution is 5.86. The van der Waals surface area contributed by atoms with Gasteiger partial charge in [0.15, 0.2) is 0 Å². The summed E-state index contributed by atoms with van der Waals surface area (Å²) in [4.78, 5) is 0. The van der Waals surface area contributed by atoms with Gasteiger partial charge in [-0.15, -0.1) is 0 Å². The van der Waals surface area contributed by atoms with E-state index in [0.717, 1.165) is 28.5 Å². The average molecular weight is 264 g/mol. The summed E-state index contributed by atoms with van der Waals surface area (Å²) < 4.78 is 5.21. The van der Waals surface area contributed by atoms with Gasteiger partial charge >= 0.3 is 0 Å². The summed E-state index contributed by atoms with van der Waals surface area (Å²) in [6.07, 6.45) is 0.731. The highest BCUT2D eigenvalue weighted by Gasteiger charge is 2.06. The van der Waals surface area contributed by atoms with Crippen LogP contribution in [0.5, 0.6) is 11.5 Å². The van der Waals surface area contributed by atoms with E-state index < -0.39 is 0 Å². The second-order valence-corrected chi connectivity index (χ2v) is 4.86. The zero-order valence-electron chi connectivity index (χ0n) is 11.3. The Morgan fingerprint density at radius 3 is 2.45 bits per heavy atom. The average Bonchev–Trinajstić information content (AvgIpc) is 2.48. The van der Waals surface area contributed by atoms with Crippen LogP contribution < -0.4 is 4.74 Å². The van der Waals surface area contributed by atoms with Crippen molar-refractivity contribution >= 4 is 10.8 Å². The van der Waals surface area contributed by atoms with E-state index >= 15 is 0 Å². The quantitative estimate of drug-likeness (QED) is 0.770. The standard InChI is InChI=1S/C18H16O2/c1-20-17-8-7-14-10-16(18(19)12-15(14)11-17)9-13-5-3-2-4-6-13/h2-8,10-12,19H,9H2,1H3. The van der Waals surface area contributed by atoms with E-state index in [9.17, 15) is 5.11 Å². The number of methoxy groups -OCH3 is 1. The molecule has 0 fully saturated rings. The van der Waals surface area contributed by atoms with Gasteiger partial charge in [0.1, 0.15) is 11.5 Å². The highest BCUT2D eigenvalue weighted by Crippen LogP contribution is 2.29. The zero-order chi connectivity index (χ0) is 13.9. The third-order valence-electron chi connectivity index (χ3n) is 3.48. The molecule has 2 heteroatoms. The lowest BCUT2D eigenvalue weighted by molar-refractivity contribution is 0.415. The molecule has 20 heavy (non-hydrogen) atoms. The van der Waals surface area contributed by atoms with Crippen molar-refractivity contribution in [2.75, 3.05) is 7.11 Å². The molecule has 0 bridgehead atoms. The van der Waals surface area contributed by atoms with Crippen LogP contribution in [0.4, 0.5) is 0 Å². The number of ether oxygens (including phenoxy) is 1. The third kappa shape index (κ3) is 2.45. The van der Waals surface area contributed by atoms with Crippen LogP contribution in [0.25, 0.3) is 10.8 Å². The lowest BCUT2D eigenvalue weighted by Crippen LogP contribution is -1.90. The van der Waals surface area contributed by atoms with Gasteiger partial charge in [-0.2, -0.15) is 0 Å². The molecular formula is C18H16O2. The molecule has 0 aromatic heterocycles. The predicted octanol–water partition coefficient (Wildman–Crippen LogP) is 4.14. The molecule has 3 aromatic rings. The lowest BCUT2D eigenvalue weighted by Gasteiger charge is -2.08. The maximum absolute atomic E-state index is 10.2. The van der Waals surface area contributed by atoms with Crippen molar-refractivity contribution in [3.8, 4) is 11.5 Å². The third-order valence-corrected chi connectivity index (χ3v) is 3.48. The van der Waals surface area contributed by atoms with Crippen molar-refractivity contribution in [2.45, 2.75) is 6.42 Å². The minimum atomic E-state index is 0.328. The van der Waals surface area contributed by atoms with Crippen LogP contribution in [0.1, 0.15) is 11.1 Å². The highest BCUT2D eigenvalue weighted by atomic mass is 16.5. The molecule has 2 nitrogen and oxygen atoms in total. The summed E-state index contributed by atoms with van der Waals surface area (Å²) >= 11 is 0. The molecule has 3 aromatic carbocycles. The Labute approximate surface area is 118 Å². The van der Waals surface area contributed by atoms with Gasteiger partial charge < -0.3 is 9.84 Å². The first-order valence-corrected chi connectivity index (χ1v) is 6.60. The Bertz CT molecular complexity index is 733. The Balaban J connectivity index is 2.02. The SMILES string of the molecule is COc1ccc2cc(Cc3ccccc3)c(O)cc2c1. The first-order chi connectivity index (χ1) is 9.76. The molecule has 3 rings (SSSR count). The number of hydrogen-bond acceptors (Lipinski definition) is 2. The van der Waals surface area contributed by atoms with E-state index in [1.54, 1.807) is 13.2 Å². The fraction of sp³-hybridized carbons (Fsp3) is 0.111. The molecule has 0 aliphatic heterocycles. The minimum Gasteiger partial charge on any atom is -0.508 e. The van der Waals surface area contributed by atoms with Gasteiger partial charge in [0, 0.05) is 6.42 Å². The van der Waals surface area contributed by atoms with Gasteiger partial charge in [0.05, 0.1) is 7.11 Å². The first-order valence-electron chi connectivity index (χ1n) is 6.60. The normalized spacial score (nSPS) is 10.7. The fourth-order valence-corrected chi connectivity index (χ4v) is 2.40. The van der Waals surface area contributed by atoms with Crippen LogP contribution in [0, 0.1) is 0 Å². The fourth-order valence-electron chi connectivity index (χ4n) is 2.40. The number of benzene rings is 3. The van der Waals surface area contributed by atoms with Crippen LogP contribution in [-0.2, 0) is 6.42 Å². The topological polar surface area (TPSA) is 29.5 Å². The van der Waals surface area contributed by atoms with Gasteiger partial charge in [-0.3, -0.25) is 0 Å². The van der Waals surface area contributed by atoms with Gasteiger partial charge in [0.2, 0.25) is 0 Å². The van der Waals surface area contributed by atoms with Gasteiger partial charge in [0.25, 0.3) is 0 Å². The first kappa shape index (κ1) is 12.5. The zero-order valence-corrected chi connectivity index (χ0v) is 11.3. The molecule has 0 aliphatic carbocycles. The van der Waals surface area contributed by atoms with Gasteiger partial charge in [-0.1, -0.05) is 36.4 Å². The minimum absolute atomic E-state index is 0.328. The number of hydrogen-bond donors (Lipinski definition) is 1. The molecule has 1 N–H and O–H groups in total. The molecule has 0 saturated carbocycles. The monoisotopic (exact) mass is 264 g/mol. The Kier molecular flexibility index (Phi) is 3.30. The summed E-state index contributed by atoms with van der Waals surface area (Å²) in [5, 5.41) is 12.3. The van der Waals surface area contributed by atoms with Crippen LogP contribution in [0.3, 0.4) is 0 Å². The molecule has 0 atom stereocenters. The van der Waals surface area contributed by atoms with Gasteiger partial charge in [-0.25, -0.2) is 0 Å². The summed E-state index contributed by atoms with van der Waals surface area (Å²) in [7, 11) is 1.64. The van der Waals surface area contributed by atoms with Gasteiger partial charge in [-0.05, 0) is 46.2 Å². The lowest BCUT2D eigenvalue weighted by atomic mass is 10.00. The van der Waals surface area contributed by atoms with Crippen LogP contribution in [-0.4, -0.2) is 12.2 Å². The Morgan fingerprint density at radius 1 is 0.900 bits per heavy atom. The molecule has 100 valence electrons. The second-order valence-electron chi connectivity index (χ2n) is 4.86. The van der Waals surface area contributed by atoms with Crippen molar-refractivity contribution in [3.63, 3.8) is 0 Å². The van der Waals surface area contributed by atoms with E-state index in [-0.39, 0.29) is 0 Å². The molecule has 0 amide bonds.